The predicted molar refractivity (Wildman–Crippen MR) is 72.6 cm³/mol. The van der Waals surface area contributed by atoms with Crippen molar-refractivity contribution in [2.24, 2.45) is 11.3 Å². The summed E-state index contributed by atoms with van der Waals surface area (Å²) < 4.78 is 0. The second-order valence-corrected chi connectivity index (χ2v) is 6.03. The van der Waals surface area contributed by atoms with Crippen LogP contribution in [-0.2, 0) is 0 Å². The van der Waals surface area contributed by atoms with Crippen molar-refractivity contribution in [3.8, 4) is 0 Å². The van der Waals surface area contributed by atoms with Crippen LogP contribution in [0, 0.1) is 11.3 Å². The summed E-state index contributed by atoms with van der Waals surface area (Å²) in [5, 5.41) is 3.67. The van der Waals surface area contributed by atoms with Crippen LogP contribution in [0.4, 0.5) is 0 Å². The van der Waals surface area contributed by atoms with E-state index in [1.165, 1.54) is 32.1 Å². The number of hydrogen-bond acceptors (Lipinski definition) is 1. The lowest BCUT2D eigenvalue weighted by Crippen LogP contribution is -2.39. The monoisotopic (exact) mass is 223 g/mol. The number of rotatable bonds is 6. The van der Waals surface area contributed by atoms with Gasteiger partial charge >= 0.3 is 0 Å². The lowest BCUT2D eigenvalue weighted by atomic mass is 9.70. The predicted octanol–water partition coefficient (Wildman–Crippen LogP) is 4.15. The first-order valence-corrected chi connectivity index (χ1v) is 6.93. The van der Waals surface area contributed by atoms with Gasteiger partial charge in [-0.05, 0) is 56.4 Å². The van der Waals surface area contributed by atoms with Crippen molar-refractivity contribution in [3.05, 3.63) is 12.7 Å². The molecule has 0 amide bonds. The minimum atomic E-state index is 0.589. The maximum absolute atomic E-state index is 3.83. The van der Waals surface area contributed by atoms with E-state index < -0.39 is 0 Å². The van der Waals surface area contributed by atoms with Crippen LogP contribution in [-0.4, -0.2) is 12.6 Å². The second-order valence-electron chi connectivity index (χ2n) is 6.03. The molecular weight excluding hydrogens is 194 g/mol. The molecule has 0 aromatic heterocycles. The van der Waals surface area contributed by atoms with Gasteiger partial charge in [-0.25, -0.2) is 0 Å². The topological polar surface area (TPSA) is 12.0 Å². The summed E-state index contributed by atoms with van der Waals surface area (Å²) in [5.74, 6) is 0.896. The van der Waals surface area contributed by atoms with Gasteiger partial charge in [0, 0.05) is 6.04 Å². The molecule has 0 saturated heterocycles. The first-order chi connectivity index (χ1) is 7.59. The number of allylic oxidation sites excluding steroid dienone is 1. The van der Waals surface area contributed by atoms with Gasteiger partial charge in [0.1, 0.15) is 0 Å². The molecule has 1 atom stereocenters. The summed E-state index contributed by atoms with van der Waals surface area (Å²) in [6.45, 7) is 12.0. The Hall–Kier alpha value is -0.300. The first-order valence-electron chi connectivity index (χ1n) is 6.93. The third-order valence-corrected chi connectivity index (χ3v) is 4.10. The Morgan fingerprint density at radius 1 is 1.38 bits per heavy atom. The molecule has 0 aliphatic heterocycles. The van der Waals surface area contributed by atoms with Crippen molar-refractivity contribution in [1.82, 2.24) is 5.32 Å². The smallest absolute Gasteiger partial charge is 0.00981 e. The Bertz CT molecular complexity index is 197. The van der Waals surface area contributed by atoms with E-state index in [0.29, 0.717) is 5.41 Å². The van der Waals surface area contributed by atoms with E-state index in [2.05, 4.69) is 38.7 Å². The normalized spacial score (nSPS) is 22.9. The molecule has 0 spiro atoms. The van der Waals surface area contributed by atoms with E-state index in [0.717, 1.165) is 24.9 Å². The van der Waals surface area contributed by atoms with E-state index in [1.54, 1.807) is 0 Å². The largest absolute Gasteiger partial charge is 0.314 e. The molecule has 1 heteroatoms. The fraction of sp³-hybridized carbons (Fsp3) is 0.867. The van der Waals surface area contributed by atoms with Gasteiger partial charge < -0.3 is 5.32 Å². The maximum atomic E-state index is 3.83. The molecule has 0 heterocycles. The van der Waals surface area contributed by atoms with Crippen molar-refractivity contribution in [3.63, 3.8) is 0 Å². The molecule has 1 fully saturated rings. The molecule has 0 bridgehead atoms. The molecule has 16 heavy (non-hydrogen) atoms. The summed E-state index contributed by atoms with van der Waals surface area (Å²) >= 11 is 0. The van der Waals surface area contributed by atoms with Crippen molar-refractivity contribution < 1.29 is 0 Å². The zero-order valence-corrected chi connectivity index (χ0v) is 11.4. The zero-order chi connectivity index (χ0) is 12.0. The molecule has 0 aromatic rings. The number of hydrogen-bond donors (Lipinski definition) is 1. The van der Waals surface area contributed by atoms with Gasteiger partial charge in [0.05, 0.1) is 0 Å². The Kier molecular flexibility index (Phi) is 5.54. The first kappa shape index (κ1) is 13.8. The van der Waals surface area contributed by atoms with Gasteiger partial charge in [-0.2, -0.15) is 0 Å². The fourth-order valence-electron chi connectivity index (χ4n) is 2.89. The van der Waals surface area contributed by atoms with Gasteiger partial charge in [0.25, 0.3) is 0 Å². The highest BCUT2D eigenvalue weighted by Crippen LogP contribution is 2.39. The molecule has 0 radical (unpaired) electrons. The fourth-order valence-corrected chi connectivity index (χ4v) is 2.89. The van der Waals surface area contributed by atoms with Crippen LogP contribution in [0.5, 0.6) is 0 Å². The van der Waals surface area contributed by atoms with Crippen molar-refractivity contribution in [1.29, 1.82) is 0 Å². The Balaban J connectivity index is 2.42. The quantitative estimate of drug-likeness (QED) is 0.667. The summed E-state index contributed by atoms with van der Waals surface area (Å²) in [4.78, 5) is 0. The molecule has 94 valence electrons. The Labute approximate surface area is 102 Å². The minimum Gasteiger partial charge on any atom is -0.314 e. The molecule has 1 aliphatic carbocycles. The van der Waals surface area contributed by atoms with E-state index >= 15 is 0 Å². The van der Waals surface area contributed by atoms with Crippen molar-refractivity contribution in [2.75, 3.05) is 6.54 Å². The Morgan fingerprint density at radius 3 is 2.50 bits per heavy atom. The molecular formula is C15H29N. The van der Waals surface area contributed by atoms with Gasteiger partial charge in [-0.15, -0.1) is 6.58 Å². The average Bonchev–Trinajstić information content (AvgIpc) is 2.25. The Morgan fingerprint density at radius 2 is 2.00 bits per heavy atom. The molecule has 1 nitrogen and oxygen atoms in total. The highest BCUT2D eigenvalue weighted by atomic mass is 14.9. The molecule has 1 unspecified atom stereocenters. The molecule has 1 N–H and O–H groups in total. The second kappa shape index (κ2) is 6.44. The lowest BCUT2D eigenvalue weighted by Gasteiger charge is -2.38. The van der Waals surface area contributed by atoms with Crippen LogP contribution in [0.25, 0.3) is 0 Å². The van der Waals surface area contributed by atoms with Gasteiger partial charge in [0.15, 0.2) is 0 Å². The SMILES string of the molecule is C=CCCC(NCC)C1CCC(C)(C)CC1. The van der Waals surface area contributed by atoms with Gasteiger partial charge in [-0.1, -0.05) is 26.8 Å². The highest BCUT2D eigenvalue weighted by molar-refractivity contribution is 4.86. The van der Waals surface area contributed by atoms with E-state index in [9.17, 15) is 0 Å². The summed E-state index contributed by atoms with van der Waals surface area (Å²) in [6.07, 6.45) is 10.1. The van der Waals surface area contributed by atoms with Crippen LogP contribution < -0.4 is 5.32 Å². The van der Waals surface area contributed by atoms with Crippen LogP contribution in [0.2, 0.25) is 0 Å². The van der Waals surface area contributed by atoms with Gasteiger partial charge in [-0.3, -0.25) is 0 Å². The molecule has 1 aliphatic rings. The van der Waals surface area contributed by atoms with Crippen LogP contribution in [0.3, 0.4) is 0 Å². The average molecular weight is 223 g/mol. The number of nitrogens with one attached hydrogen (secondary N) is 1. The van der Waals surface area contributed by atoms with E-state index in [4.69, 9.17) is 0 Å². The van der Waals surface area contributed by atoms with Crippen LogP contribution >= 0.6 is 0 Å². The maximum Gasteiger partial charge on any atom is 0.00981 e. The van der Waals surface area contributed by atoms with E-state index in [-0.39, 0.29) is 0 Å². The summed E-state index contributed by atoms with van der Waals surface area (Å²) in [5.41, 5.74) is 0.589. The molecule has 1 saturated carbocycles. The molecule has 1 rings (SSSR count). The minimum absolute atomic E-state index is 0.589. The van der Waals surface area contributed by atoms with Gasteiger partial charge in [0.2, 0.25) is 0 Å². The van der Waals surface area contributed by atoms with E-state index in [1.807, 2.05) is 0 Å². The molecule has 0 aromatic carbocycles. The summed E-state index contributed by atoms with van der Waals surface area (Å²) in [6, 6.07) is 0.721. The van der Waals surface area contributed by atoms with Crippen LogP contribution in [0.15, 0.2) is 12.7 Å². The zero-order valence-electron chi connectivity index (χ0n) is 11.4. The third-order valence-electron chi connectivity index (χ3n) is 4.10. The highest BCUT2D eigenvalue weighted by Gasteiger charge is 2.30. The van der Waals surface area contributed by atoms with Crippen LogP contribution in [0.1, 0.15) is 59.3 Å². The third kappa shape index (κ3) is 4.29. The standard InChI is InChI=1S/C15H29N/c1-5-7-8-14(16-6-2)13-9-11-15(3,4)12-10-13/h5,13-14,16H,1,6-12H2,2-4H3. The van der Waals surface area contributed by atoms with Crippen molar-refractivity contribution >= 4 is 0 Å². The van der Waals surface area contributed by atoms with Crippen molar-refractivity contribution in [2.45, 2.75) is 65.3 Å². The summed E-state index contributed by atoms with van der Waals surface area (Å²) in [7, 11) is 0. The lowest BCUT2D eigenvalue weighted by molar-refractivity contribution is 0.158.